The molecule has 0 bridgehead atoms. The Balaban J connectivity index is 1.71. The van der Waals surface area contributed by atoms with E-state index in [9.17, 15) is 38.1 Å². The molecule has 11 nitrogen and oxygen atoms in total. The highest BCUT2D eigenvalue weighted by molar-refractivity contribution is 5.81. The molecule has 3 N–H and O–H groups in total. The van der Waals surface area contributed by atoms with Crippen LogP contribution in [-0.4, -0.2) is 60.9 Å². The molecule has 3 aromatic rings. The summed E-state index contributed by atoms with van der Waals surface area (Å²) in [6, 6.07) is 4.22. The van der Waals surface area contributed by atoms with E-state index in [1.165, 1.54) is 6.07 Å². The summed E-state index contributed by atoms with van der Waals surface area (Å²) < 4.78 is 53.3. The van der Waals surface area contributed by atoms with E-state index in [0.29, 0.717) is 4.57 Å². The van der Waals surface area contributed by atoms with E-state index in [-0.39, 0.29) is 16.7 Å². The van der Waals surface area contributed by atoms with E-state index in [2.05, 4.69) is 9.89 Å². The van der Waals surface area contributed by atoms with Crippen LogP contribution in [0.4, 0.5) is 13.2 Å². The molecule has 0 unspecified atom stereocenters. The molecule has 1 aromatic carbocycles. The molecular formula is C18H16F3N3O8. The molecule has 1 aliphatic heterocycles. The second-order valence-corrected chi connectivity index (χ2v) is 6.99. The lowest BCUT2D eigenvalue weighted by Crippen LogP contribution is -2.43. The molecule has 0 spiro atoms. The molecule has 172 valence electrons. The van der Waals surface area contributed by atoms with E-state index < -0.39 is 61.1 Å². The summed E-state index contributed by atoms with van der Waals surface area (Å²) in [6.45, 7) is -1.09. The first-order valence-corrected chi connectivity index (χ1v) is 9.17. The lowest BCUT2D eigenvalue weighted by Gasteiger charge is -2.18. The Morgan fingerprint density at radius 2 is 1.91 bits per heavy atom. The van der Waals surface area contributed by atoms with Crippen LogP contribution in [0.1, 0.15) is 11.9 Å². The Morgan fingerprint density at radius 3 is 2.56 bits per heavy atom. The van der Waals surface area contributed by atoms with Crippen LogP contribution in [0, 0.1) is 0 Å². The number of alkyl halides is 3. The SMILES string of the molecule is O=c1ccn([C@@H]2O[C@H](CO)[C@H](O)[C@@H]2O)c(=O)n1Cc1noc2ccc(OC(F)(F)F)cc12. The summed E-state index contributed by atoms with van der Waals surface area (Å²) in [7, 11) is 0. The van der Waals surface area contributed by atoms with Crippen LogP contribution < -0.4 is 16.0 Å². The van der Waals surface area contributed by atoms with Crippen molar-refractivity contribution < 1.29 is 42.5 Å². The van der Waals surface area contributed by atoms with Gasteiger partial charge in [-0.1, -0.05) is 5.16 Å². The number of rotatable bonds is 5. The number of aromatic nitrogens is 3. The van der Waals surface area contributed by atoms with Crippen molar-refractivity contribution in [3.05, 3.63) is 57.0 Å². The van der Waals surface area contributed by atoms with E-state index in [1.54, 1.807) is 0 Å². The van der Waals surface area contributed by atoms with Crippen molar-refractivity contribution in [2.75, 3.05) is 6.61 Å². The highest BCUT2D eigenvalue weighted by Gasteiger charge is 2.44. The molecule has 0 saturated carbocycles. The van der Waals surface area contributed by atoms with Gasteiger partial charge in [-0.25, -0.2) is 4.79 Å². The quantitative estimate of drug-likeness (QED) is 0.468. The number of aliphatic hydroxyl groups is 3. The number of halogens is 3. The molecule has 1 aliphatic rings. The molecule has 0 radical (unpaired) electrons. The molecule has 2 aromatic heterocycles. The monoisotopic (exact) mass is 459 g/mol. The van der Waals surface area contributed by atoms with Gasteiger partial charge in [-0.2, -0.15) is 0 Å². The number of fused-ring (bicyclic) bond motifs is 1. The number of ether oxygens (including phenoxy) is 2. The molecule has 1 fully saturated rings. The third-order valence-corrected chi connectivity index (χ3v) is 4.94. The number of hydrogen-bond acceptors (Lipinski definition) is 9. The van der Waals surface area contributed by atoms with E-state index in [4.69, 9.17) is 9.26 Å². The maximum absolute atomic E-state index is 12.9. The van der Waals surface area contributed by atoms with Crippen molar-refractivity contribution >= 4 is 11.0 Å². The molecule has 0 aliphatic carbocycles. The van der Waals surface area contributed by atoms with Crippen molar-refractivity contribution in [1.29, 1.82) is 0 Å². The van der Waals surface area contributed by atoms with E-state index in [0.717, 1.165) is 29.0 Å². The fourth-order valence-corrected chi connectivity index (χ4v) is 3.41. The minimum atomic E-state index is -4.92. The number of benzene rings is 1. The molecule has 4 rings (SSSR count). The second-order valence-electron chi connectivity index (χ2n) is 6.99. The molecule has 4 atom stereocenters. The van der Waals surface area contributed by atoms with Crippen molar-refractivity contribution in [3.63, 3.8) is 0 Å². The molecule has 0 amide bonds. The van der Waals surface area contributed by atoms with Crippen LogP contribution in [0.25, 0.3) is 11.0 Å². The highest BCUT2D eigenvalue weighted by Crippen LogP contribution is 2.29. The van der Waals surface area contributed by atoms with E-state index >= 15 is 0 Å². The number of nitrogens with zero attached hydrogens (tertiary/aromatic N) is 3. The lowest BCUT2D eigenvalue weighted by atomic mass is 10.1. The van der Waals surface area contributed by atoms with Crippen LogP contribution >= 0.6 is 0 Å². The van der Waals surface area contributed by atoms with Gasteiger partial charge in [0.2, 0.25) is 0 Å². The van der Waals surface area contributed by atoms with Gasteiger partial charge in [0.15, 0.2) is 11.8 Å². The average Bonchev–Trinajstić information content (AvgIpc) is 3.25. The Kier molecular flexibility index (Phi) is 5.54. The Labute approximate surface area is 175 Å². The number of aliphatic hydroxyl groups excluding tert-OH is 3. The Hall–Kier alpha value is -3.20. The van der Waals surface area contributed by atoms with Gasteiger partial charge in [0.05, 0.1) is 18.5 Å². The molecule has 1 saturated heterocycles. The summed E-state index contributed by atoms with van der Waals surface area (Å²) in [5, 5.41) is 33.1. The molecular weight excluding hydrogens is 443 g/mol. The largest absolute Gasteiger partial charge is 0.573 e. The van der Waals surface area contributed by atoms with Crippen molar-refractivity contribution in [1.82, 2.24) is 14.3 Å². The van der Waals surface area contributed by atoms with Crippen molar-refractivity contribution in [2.45, 2.75) is 37.4 Å². The highest BCUT2D eigenvalue weighted by atomic mass is 19.4. The van der Waals surface area contributed by atoms with Gasteiger partial charge in [0.1, 0.15) is 29.8 Å². The standard InChI is InChI=1S/C18H16F3N3O8/c19-18(20,21)31-8-1-2-11-9(5-8)10(22-32-11)6-24-13(26)3-4-23(17(24)29)16-15(28)14(27)12(7-25)30-16/h1-5,12,14-16,25,27-28H,6-7H2/t12-,14+,15+,16-/m1/s1. The summed E-state index contributed by atoms with van der Waals surface area (Å²) >= 11 is 0. The summed E-state index contributed by atoms with van der Waals surface area (Å²) in [6.07, 6.45) is -9.43. The van der Waals surface area contributed by atoms with Crippen molar-refractivity contribution in [3.8, 4) is 5.75 Å². The predicted molar refractivity (Wildman–Crippen MR) is 97.8 cm³/mol. The first-order chi connectivity index (χ1) is 15.1. The van der Waals surface area contributed by atoms with Gasteiger partial charge in [-0.05, 0) is 18.2 Å². The van der Waals surface area contributed by atoms with Crippen LogP contribution in [-0.2, 0) is 11.3 Å². The first kappa shape index (κ1) is 22.0. The summed E-state index contributed by atoms with van der Waals surface area (Å²) in [5.41, 5.74) is -1.64. The minimum Gasteiger partial charge on any atom is -0.406 e. The third-order valence-electron chi connectivity index (χ3n) is 4.94. The predicted octanol–water partition coefficient (Wildman–Crippen LogP) is -0.290. The maximum Gasteiger partial charge on any atom is 0.573 e. The number of hydrogen-bond donors (Lipinski definition) is 3. The zero-order valence-electron chi connectivity index (χ0n) is 16.0. The van der Waals surface area contributed by atoms with Gasteiger partial charge in [0, 0.05) is 12.3 Å². The smallest absolute Gasteiger partial charge is 0.406 e. The third kappa shape index (κ3) is 4.00. The van der Waals surface area contributed by atoms with Gasteiger partial charge >= 0.3 is 12.1 Å². The Bertz CT molecular complexity index is 1250. The van der Waals surface area contributed by atoms with Gasteiger partial charge in [-0.3, -0.25) is 13.9 Å². The first-order valence-electron chi connectivity index (χ1n) is 9.17. The lowest BCUT2D eigenvalue weighted by molar-refractivity contribution is -0.274. The average molecular weight is 459 g/mol. The van der Waals surface area contributed by atoms with Crippen LogP contribution in [0.5, 0.6) is 5.75 Å². The van der Waals surface area contributed by atoms with Gasteiger partial charge in [-0.15, -0.1) is 13.2 Å². The summed E-state index contributed by atoms with van der Waals surface area (Å²) in [5.74, 6) is -0.543. The fraction of sp³-hybridized carbons (Fsp3) is 0.389. The van der Waals surface area contributed by atoms with Gasteiger partial charge < -0.3 is 29.3 Å². The molecule has 3 heterocycles. The zero-order valence-corrected chi connectivity index (χ0v) is 16.0. The van der Waals surface area contributed by atoms with Gasteiger partial charge in [0.25, 0.3) is 5.56 Å². The van der Waals surface area contributed by atoms with Crippen LogP contribution in [0.2, 0.25) is 0 Å². The summed E-state index contributed by atoms with van der Waals surface area (Å²) in [4.78, 5) is 25.2. The fourth-order valence-electron chi connectivity index (χ4n) is 3.41. The van der Waals surface area contributed by atoms with Crippen LogP contribution in [0.3, 0.4) is 0 Å². The zero-order chi connectivity index (χ0) is 23.2. The van der Waals surface area contributed by atoms with Crippen LogP contribution in [0.15, 0.2) is 44.6 Å². The molecule has 14 heteroatoms. The Morgan fingerprint density at radius 1 is 1.16 bits per heavy atom. The maximum atomic E-state index is 12.9. The van der Waals surface area contributed by atoms with Crippen molar-refractivity contribution in [2.24, 2.45) is 0 Å². The second kappa shape index (κ2) is 8.05. The normalized spacial score (nSPS) is 23.7. The minimum absolute atomic E-state index is 0.0225. The van der Waals surface area contributed by atoms with E-state index in [1.807, 2.05) is 0 Å². The molecule has 32 heavy (non-hydrogen) atoms. The topological polar surface area (TPSA) is 149 Å².